The second-order valence-electron chi connectivity index (χ2n) is 5.75. The molecule has 25 heavy (non-hydrogen) atoms. The summed E-state index contributed by atoms with van der Waals surface area (Å²) in [5, 5.41) is 0. The molecule has 1 saturated heterocycles. The van der Waals surface area contributed by atoms with Gasteiger partial charge in [0.15, 0.2) is 0 Å². The molecule has 0 saturated carbocycles. The summed E-state index contributed by atoms with van der Waals surface area (Å²) in [6, 6.07) is 17.7. The van der Waals surface area contributed by atoms with Crippen LogP contribution in [-0.2, 0) is 19.6 Å². The summed E-state index contributed by atoms with van der Waals surface area (Å²) < 4.78 is 32.5. The number of rotatable bonds is 5. The van der Waals surface area contributed by atoms with E-state index in [-0.39, 0.29) is 23.5 Å². The minimum absolute atomic E-state index is 0.145. The van der Waals surface area contributed by atoms with Crippen molar-refractivity contribution in [1.82, 2.24) is 9.62 Å². The van der Waals surface area contributed by atoms with Gasteiger partial charge in [-0.15, -0.1) is 0 Å². The molecule has 0 unspecified atom stereocenters. The number of nitrogens with one attached hydrogen (secondary N) is 1. The Labute approximate surface area is 147 Å². The van der Waals surface area contributed by atoms with Crippen LogP contribution in [0.4, 0.5) is 0 Å². The Morgan fingerprint density at radius 1 is 1.08 bits per heavy atom. The first-order valence-electron chi connectivity index (χ1n) is 8.05. The van der Waals surface area contributed by atoms with Crippen LogP contribution in [0.1, 0.15) is 11.7 Å². The number of nitrogens with zero attached hydrogens (tertiary/aromatic N) is 1. The largest absolute Gasteiger partial charge is 0.370 e. The molecular formula is C18H20N2O4S. The van der Waals surface area contributed by atoms with Gasteiger partial charge >= 0.3 is 0 Å². The van der Waals surface area contributed by atoms with E-state index in [1.165, 1.54) is 12.1 Å². The average molecular weight is 360 g/mol. The van der Waals surface area contributed by atoms with Crippen LogP contribution in [0, 0.1) is 0 Å². The number of amides is 1. The fraction of sp³-hybridized carbons (Fsp3) is 0.278. The highest BCUT2D eigenvalue weighted by Gasteiger charge is 2.26. The third-order valence-corrected chi connectivity index (χ3v) is 5.47. The van der Waals surface area contributed by atoms with Crippen molar-refractivity contribution < 1.29 is 17.9 Å². The van der Waals surface area contributed by atoms with E-state index in [1.807, 2.05) is 30.3 Å². The monoisotopic (exact) mass is 360 g/mol. The number of morpholine rings is 1. The maximum absolute atomic E-state index is 12.4. The highest BCUT2D eigenvalue weighted by atomic mass is 32.2. The van der Waals surface area contributed by atoms with Crippen molar-refractivity contribution in [2.24, 2.45) is 0 Å². The highest BCUT2D eigenvalue weighted by Crippen LogP contribution is 2.21. The molecule has 0 radical (unpaired) electrons. The Morgan fingerprint density at radius 3 is 2.40 bits per heavy atom. The fourth-order valence-electron chi connectivity index (χ4n) is 2.70. The van der Waals surface area contributed by atoms with Gasteiger partial charge in [-0.2, -0.15) is 0 Å². The molecule has 7 heteroatoms. The topological polar surface area (TPSA) is 75.7 Å². The van der Waals surface area contributed by atoms with Gasteiger partial charge in [0.2, 0.25) is 15.9 Å². The molecule has 1 aliphatic rings. The second-order valence-corrected chi connectivity index (χ2v) is 7.51. The smallest absolute Gasteiger partial charge is 0.241 e. The van der Waals surface area contributed by atoms with Crippen molar-refractivity contribution in [3.8, 4) is 0 Å². The van der Waals surface area contributed by atoms with Gasteiger partial charge in [-0.25, -0.2) is 13.1 Å². The minimum atomic E-state index is -3.69. The third kappa shape index (κ3) is 4.45. The van der Waals surface area contributed by atoms with E-state index in [9.17, 15) is 13.2 Å². The Morgan fingerprint density at radius 2 is 1.72 bits per heavy atom. The molecule has 2 aromatic carbocycles. The van der Waals surface area contributed by atoms with Gasteiger partial charge < -0.3 is 9.64 Å². The number of carbonyl (C=O) groups is 1. The van der Waals surface area contributed by atoms with Crippen molar-refractivity contribution in [2.45, 2.75) is 11.0 Å². The number of hydrogen-bond donors (Lipinski definition) is 1. The van der Waals surface area contributed by atoms with Crippen LogP contribution >= 0.6 is 0 Å². The number of ether oxygens (including phenoxy) is 1. The van der Waals surface area contributed by atoms with Crippen molar-refractivity contribution in [3.05, 3.63) is 66.2 Å². The molecular weight excluding hydrogens is 340 g/mol. The van der Waals surface area contributed by atoms with E-state index < -0.39 is 10.0 Å². The predicted octanol–water partition coefficient (Wildman–Crippen LogP) is 1.56. The van der Waals surface area contributed by atoms with E-state index in [0.29, 0.717) is 19.7 Å². The molecule has 0 aromatic heterocycles. The van der Waals surface area contributed by atoms with Gasteiger partial charge in [-0.1, -0.05) is 48.5 Å². The molecule has 0 spiro atoms. The zero-order valence-electron chi connectivity index (χ0n) is 13.7. The number of carbonyl (C=O) groups excluding carboxylic acids is 1. The summed E-state index contributed by atoms with van der Waals surface area (Å²) in [7, 11) is -3.69. The van der Waals surface area contributed by atoms with E-state index in [2.05, 4.69) is 4.72 Å². The number of sulfonamides is 1. The molecule has 0 aliphatic carbocycles. The third-order valence-electron chi connectivity index (χ3n) is 4.06. The van der Waals surface area contributed by atoms with Gasteiger partial charge in [0.25, 0.3) is 0 Å². The maximum atomic E-state index is 12.4. The minimum Gasteiger partial charge on any atom is -0.370 e. The van der Waals surface area contributed by atoms with Gasteiger partial charge in [-0.05, 0) is 17.7 Å². The SMILES string of the molecule is O=C(CNS(=O)(=O)c1ccccc1)N1CCO[C@H](c2ccccc2)C1. The highest BCUT2D eigenvalue weighted by molar-refractivity contribution is 7.89. The first kappa shape index (κ1) is 17.6. The average Bonchev–Trinajstić information content (AvgIpc) is 2.68. The van der Waals surface area contributed by atoms with Gasteiger partial charge in [0.1, 0.15) is 6.10 Å². The van der Waals surface area contributed by atoms with Crippen LogP contribution in [0.15, 0.2) is 65.6 Å². The number of benzene rings is 2. The summed E-state index contributed by atoms with van der Waals surface area (Å²) >= 11 is 0. The van der Waals surface area contributed by atoms with Crippen molar-refractivity contribution >= 4 is 15.9 Å². The van der Waals surface area contributed by atoms with E-state index >= 15 is 0 Å². The first-order chi connectivity index (χ1) is 12.1. The van der Waals surface area contributed by atoms with Gasteiger partial charge in [-0.3, -0.25) is 4.79 Å². The summed E-state index contributed by atoms with van der Waals surface area (Å²) in [5.41, 5.74) is 1.00. The maximum Gasteiger partial charge on any atom is 0.241 e. The Balaban J connectivity index is 1.60. The summed E-state index contributed by atoms with van der Waals surface area (Å²) in [4.78, 5) is 14.2. The van der Waals surface area contributed by atoms with E-state index in [4.69, 9.17) is 4.74 Å². The lowest BCUT2D eigenvalue weighted by molar-refractivity contribution is -0.137. The van der Waals surface area contributed by atoms with Crippen LogP contribution in [0.3, 0.4) is 0 Å². The summed E-state index contributed by atoms with van der Waals surface area (Å²) in [5.74, 6) is -0.260. The molecule has 1 atom stereocenters. The lowest BCUT2D eigenvalue weighted by atomic mass is 10.1. The van der Waals surface area contributed by atoms with E-state index in [1.54, 1.807) is 23.1 Å². The zero-order valence-corrected chi connectivity index (χ0v) is 14.5. The van der Waals surface area contributed by atoms with Crippen LogP contribution in [0.2, 0.25) is 0 Å². The van der Waals surface area contributed by atoms with Crippen LogP contribution in [-0.4, -0.2) is 45.5 Å². The lowest BCUT2D eigenvalue weighted by Gasteiger charge is -2.33. The van der Waals surface area contributed by atoms with Crippen molar-refractivity contribution in [2.75, 3.05) is 26.2 Å². The molecule has 2 aromatic rings. The molecule has 1 aliphatic heterocycles. The van der Waals surface area contributed by atoms with Crippen molar-refractivity contribution in [3.63, 3.8) is 0 Å². The summed E-state index contributed by atoms with van der Waals surface area (Å²) in [6.45, 7) is 1.03. The Bertz CT molecular complexity index is 809. The Kier molecular flexibility index (Phi) is 5.47. The molecule has 3 rings (SSSR count). The molecule has 1 heterocycles. The molecule has 1 amide bonds. The van der Waals surface area contributed by atoms with Crippen molar-refractivity contribution in [1.29, 1.82) is 0 Å². The predicted molar refractivity (Wildman–Crippen MR) is 93.3 cm³/mol. The molecule has 1 fully saturated rings. The number of hydrogen-bond acceptors (Lipinski definition) is 4. The lowest BCUT2D eigenvalue weighted by Crippen LogP contribution is -2.46. The quantitative estimate of drug-likeness (QED) is 0.878. The van der Waals surface area contributed by atoms with Crippen LogP contribution < -0.4 is 4.72 Å². The second kappa shape index (κ2) is 7.77. The first-order valence-corrected chi connectivity index (χ1v) is 9.53. The fourth-order valence-corrected chi connectivity index (χ4v) is 3.69. The van der Waals surface area contributed by atoms with Gasteiger partial charge in [0, 0.05) is 6.54 Å². The molecule has 6 nitrogen and oxygen atoms in total. The normalized spacial score (nSPS) is 18.1. The van der Waals surface area contributed by atoms with Crippen LogP contribution in [0.25, 0.3) is 0 Å². The van der Waals surface area contributed by atoms with Gasteiger partial charge in [0.05, 0.1) is 24.6 Å². The summed E-state index contributed by atoms with van der Waals surface area (Å²) in [6.07, 6.45) is -0.190. The Hall–Kier alpha value is -2.22. The molecule has 1 N–H and O–H groups in total. The standard InChI is InChI=1S/C18H20N2O4S/c21-18(13-19-25(22,23)16-9-5-2-6-10-16)20-11-12-24-17(14-20)15-7-3-1-4-8-15/h1-10,17,19H,11-14H2/t17-/m0/s1. The molecule has 132 valence electrons. The van der Waals surface area contributed by atoms with E-state index in [0.717, 1.165) is 5.56 Å². The van der Waals surface area contributed by atoms with Crippen LogP contribution in [0.5, 0.6) is 0 Å². The zero-order chi connectivity index (χ0) is 17.7. The molecule has 0 bridgehead atoms.